The molecule has 1 aliphatic heterocycles. The van der Waals surface area contributed by atoms with Gasteiger partial charge in [-0.3, -0.25) is 0 Å². The van der Waals surface area contributed by atoms with Crippen LogP contribution in [0.5, 0.6) is 0 Å². The van der Waals surface area contributed by atoms with Gasteiger partial charge in [0.1, 0.15) is 0 Å². The molecule has 1 heteroatoms. The maximum atomic E-state index is 4.50. The summed E-state index contributed by atoms with van der Waals surface area (Å²) in [6.07, 6.45) is 11.1. The Bertz CT molecular complexity index is 263. The van der Waals surface area contributed by atoms with Crippen molar-refractivity contribution in [2.75, 3.05) is 13.2 Å². The SMILES string of the molecule is C1CO1.CCCCCCCCCc1ccccc1. The Morgan fingerprint density at radius 3 is 1.94 bits per heavy atom. The summed E-state index contributed by atoms with van der Waals surface area (Å²) in [6.45, 7) is 4.27. The highest BCUT2D eigenvalue weighted by Crippen LogP contribution is 2.10. The van der Waals surface area contributed by atoms with Crippen molar-refractivity contribution in [2.45, 2.75) is 58.3 Å². The van der Waals surface area contributed by atoms with Gasteiger partial charge >= 0.3 is 0 Å². The fourth-order valence-corrected chi connectivity index (χ4v) is 1.93. The molecular formula is C17H28O. The van der Waals surface area contributed by atoms with E-state index in [2.05, 4.69) is 42.0 Å². The first-order valence-corrected chi connectivity index (χ1v) is 7.55. The molecule has 1 heterocycles. The van der Waals surface area contributed by atoms with Crippen molar-refractivity contribution >= 4 is 0 Å². The fraction of sp³-hybridized carbons (Fsp3) is 0.647. The first-order chi connectivity index (χ1) is 8.93. The van der Waals surface area contributed by atoms with Crippen LogP contribution in [0.2, 0.25) is 0 Å². The normalized spacial score (nSPS) is 12.7. The van der Waals surface area contributed by atoms with Gasteiger partial charge in [0.25, 0.3) is 0 Å². The minimum atomic E-state index is 1.00. The van der Waals surface area contributed by atoms with Crippen molar-refractivity contribution in [1.82, 2.24) is 0 Å². The van der Waals surface area contributed by atoms with Gasteiger partial charge in [-0.15, -0.1) is 0 Å². The third-order valence-corrected chi connectivity index (χ3v) is 3.12. The molecule has 102 valence electrons. The van der Waals surface area contributed by atoms with E-state index in [1.165, 1.54) is 56.9 Å². The third-order valence-electron chi connectivity index (χ3n) is 3.12. The van der Waals surface area contributed by atoms with Crippen molar-refractivity contribution in [3.8, 4) is 0 Å². The van der Waals surface area contributed by atoms with Gasteiger partial charge in [0.2, 0.25) is 0 Å². The summed E-state index contributed by atoms with van der Waals surface area (Å²) in [5.74, 6) is 0. The lowest BCUT2D eigenvalue weighted by molar-refractivity contribution is 0.475. The molecule has 0 radical (unpaired) electrons. The summed E-state index contributed by atoms with van der Waals surface area (Å²) in [5, 5.41) is 0. The fourth-order valence-electron chi connectivity index (χ4n) is 1.93. The lowest BCUT2D eigenvalue weighted by Crippen LogP contribution is -1.85. The molecule has 1 saturated heterocycles. The average molecular weight is 248 g/mol. The molecule has 0 aliphatic carbocycles. The van der Waals surface area contributed by atoms with Crippen LogP contribution < -0.4 is 0 Å². The van der Waals surface area contributed by atoms with Crippen LogP contribution in [-0.4, -0.2) is 13.2 Å². The second-order valence-corrected chi connectivity index (χ2v) is 4.97. The van der Waals surface area contributed by atoms with E-state index in [0.717, 1.165) is 13.2 Å². The summed E-state index contributed by atoms with van der Waals surface area (Å²) >= 11 is 0. The van der Waals surface area contributed by atoms with Crippen LogP contribution in [0.25, 0.3) is 0 Å². The van der Waals surface area contributed by atoms with E-state index < -0.39 is 0 Å². The predicted octanol–water partition coefficient (Wildman–Crippen LogP) is 5.00. The maximum Gasteiger partial charge on any atom is 0.0701 e. The van der Waals surface area contributed by atoms with E-state index in [-0.39, 0.29) is 0 Å². The minimum absolute atomic E-state index is 1.00. The van der Waals surface area contributed by atoms with E-state index in [0.29, 0.717) is 0 Å². The van der Waals surface area contributed by atoms with Crippen LogP contribution in [0.3, 0.4) is 0 Å². The topological polar surface area (TPSA) is 12.5 Å². The molecule has 0 bridgehead atoms. The van der Waals surface area contributed by atoms with E-state index >= 15 is 0 Å². The molecule has 2 rings (SSSR count). The van der Waals surface area contributed by atoms with Crippen LogP contribution in [-0.2, 0) is 11.2 Å². The smallest absolute Gasteiger partial charge is 0.0701 e. The van der Waals surface area contributed by atoms with Gasteiger partial charge in [0.15, 0.2) is 0 Å². The Labute approximate surface area is 113 Å². The Balaban J connectivity index is 0.000000468. The number of rotatable bonds is 8. The molecule has 0 amide bonds. The molecule has 1 aliphatic rings. The minimum Gasteiger partial charge on any atom is -0.377 e. The number of epoxide rings is 1. The molecule has 1 aromatic carbocycles. The highest BCUT2D eigenvalue weighted by atomic mass is 16.6. The molecule has 0 spiro atoms. The third kappa shape index (κ3) is 10.3. The Kier molecular flexibility index (Phi) is 9.55. The van der Waals surface area contributed by atoms with Crippen molar-refractivity contribution in [2.24, 2.45) is 0 Å². The van der Waals surface area contributed by atoms with Crippen LogP contribution in [0.1, 0.15) is 57.4 Å². The number of hydrogen-bond donors (Lipinski definition) is 0. The molecule has 1 nitrogen and oxygen atoms in total. The number of aryl methyl sites for hydroxylation is 1. The first kappa shape index (κ1) is 15.2. The summed E-state index contributed by atoms with van der Waals surface area (Å²) in [6, 6.07) is 10.8. The molecule has 1 fully saturated rings. The zero-order chi connectivity index (χ0) is 12.9. The average Bonchev–Trinajstić information content (AvgIpc) is 3.27. The maximum absolute atomic E-state index is 4.50. The van der Waals surface area contributed by atoms with Gasteiger partial charge < -0.3 is 4.74 Å². The Hall–Kier alpha value is -0.820. The molecular weight excluding hydrogens is 220 g/mol. The van der Waals surface area contributed by atoms with Crippen LogP contribution >= 0.6 is 0 Å². The van der Waals surface area contributed by atoms with Gasteiger partial charge in [-0.2, -0.15) is 0 Å². The largest absolute Gasteiger partial charge is 0.377 e. The predicted molar refractivity (Wildman–Crippen MR) is 79.0 cm³/mol. The number of ether oxygens (including phenoxy) is 1. The summed E-state index contributed by atoms with van der Waals surface area (Å²) in [4.78, 5) is 0. The lowest BCUT2D eigenvalue weighted by Gasteiger charge is -2.01. The summed E-state index contributed by atoms with van der Waals surface area (Å²) in [5.41, 5.74) is 1.49. The van der Waals surface area contributed by atoms with E-state index in [1.54, 1.807) is 0 Å². The Morgan fingerprint density at radius 2 is 1.39 bits per heavy atom. The van der Waals surface area contributed by atoms with Crippen molar-refractivity contribution in [1.29, 1.82) is 0 Å². The Morgan fingerprint density at radius 1 is 0.833 bits per heavy atom. The number of hydrogen-bond acceptors (Lipinski definition) is 1. The van der Waals surface area contributed by atoms with Crippen molar-refractivity contribution in [3.63, 3.8) is 0 Å². The van der Waals surface area contributed by atoms with Gasteiger partial charge in [-0.05, 0) is 18.4 Å². The van der Waals surface area contributed by atoms with Gasteiger partial charge in [0, 0.05) is 0 Å². The highest BCUT2D eigenvalue weighted by Gasteiger charge is 1.94. The summed E-state index contributed by atoms with van der Waals surface area (Å²) < 4.78 is 4.50. The molecule has 0 atom stereocenters. The lowest BCUT2D eigenvalue weighted by atomic mass is 10.0. The van der Waals surface area contributed by atoms with Gasteiger partial charge in [-0.1, -0.05) is 75.8 Å². The van der Waals surface area contributed by atoms with E-state index in [9.17, 15) is 0 Å². The molecule has 1 aromatic rings. The van der Waals surface area contributed by atoms with Crippen molar-refractivity contribution < 1.29 is 4.74 Å². The molecule has 0 aromatic heterocycles. The van der Waals surface area contributed by atoms with Gasteiger partial charge in [0.05, 0.1) is 13.2 Å². The van der Waals surface area contributed by atoms with Crippen LogP contribution in [0.15, 0.2) is 30.3 Å². The second-order valence-electron chi connectivity index (χ2n) is 4.97. The van der Waals surface area contributed by atoms with Crippen LogP contribution in [0.4, 0.5) is 0 Å². The van der Waals surface area contributed by atoms with E-state index in [4.69, 9.17) is 0 Å². The molecule has 18 heavy (non-hydrogen) atoms. The molecule has 0 N–H and O–H groups in total. The first-order valence-electron chi connectivity index (χ1n) is 7.55. The highest BCUT2D eigenvalue weighted by molar-refractivity contribution is 5.14. The monoisotopic (exact) mass is 248 g/mol. The zero-order valence-electron chi connectivity index (χ0n) is 11.9. The second kappa shape index (κ2) is 11.3. The molecule has 0 unspecified atom stereocenters. The number of benzene rings is 1. The molecule has 0 saturated carbocycles. The number of unbranched alkanes of at least 4 members (excludes halogenated alkanes) is 6. The quantitative estimate of drug-likeness (QED) is 0.466. The van der Waals surface area contributed by atoms with Gasteiger partial charge in [-0.25, -0.2) is 0 Å². The van der Waals surface area contributed by atoms with Crippen molar-refractivity contribution in [3.05, 3.63) is 35.9 Å². The van der Waals surface area contributed by atoms with Crippen LogP contribution in [0, 0.1) is 0 Å². The zero-order valence-corrected chi connectivity index (χ0v) is 11.9. The van der Waals surface area contributed by atoms with E-state index in [1.807, 2.05) is 0 Å². The standard InChI is InChI=1S/C15H24.C2H4O/c1-2-3-4-5-6-7-9-12-15-13-10-8-11-14-15;1-2-3-1/h8,10-11,13-14H,2-7,9,12H2,1H3;1-2H2. The summed E-state index contributed by atoms with van der Waals surface area (Å²) in [7, 11) is 0.